The van der Waals surface area contributed by atoms with Crippen molar-refractivity contribution in [3.8, 4) is 5.75 Å². The Kier molecular flexibility index (Phi) is 5.03. The number of rotatable bonds is 4. The molecule has 0 amide bonds. The van der Waals surface area contributed by atoms with E-state index >= 15 is 0 Å². The van der Waals surface area contributed by atoms with Gasteiger partial charge in [-0.25, -0.2) is 9.37 Å². The molecule has 1 atom stereocenters. The summed E-state index contributed by atoms with van der Waals surface area (Å²) in [6, 6.07) is 14.0. The van der Waals surface area contributed by atoms with Crippen LogP contribution in [0.3, 0.4) is 0 Å². The Morgan fingerprint density at radius 2 is 1.75 bits per heavy atom. The third kappa shape index (κ3) is 3.35. The monoisotopic (exact) mass is 413 g/mol. The number of aromatic hydroxyl groups is 1. The highest BCUT2D eigenvalue weighted by Crippen LogP contribution is 2.41. The maximum absolute atomic E-state index is 14.8. The van der Waals surface area contributed by atoms with Crippen molar-refractivity contribution in [3.05, 3.63) is 94.0 Å². The summed E-state index contributed by atoms with van der Waals surface area (Å²) < 4.78 is 14.8. The van der Waals surface area contributed by atoms with Crippen LogP contribution in [0.15, 0.2) is 67.0 Å². The first-order valence-electron chi connectivity index (χ1n) is 8.44. The van der Waals surface area contributed by atoms with Crippen molar-refractivity contribution in [2.24, 2.45) is 0 Å². The SMILES string of the molecule is Oc1c(C(Nc2ccccn2)c2c(F)cccc2Cl)cc(Cl)c2cccnc12. The minimum absolute atomic E-state index is 0.104. The summed E-state index contributed by atoms with van der Waals surface area (Å²) in [5.74, 6) is -0.131. The molecule has 2 aromatic carbocycles. The van der Waals surface area contributed by atoms with Gasteiger partial charge >= 0.3 is 0 Å². The Bertz CT molecular complexity index is 1130. The van der Waals surface area contributed by atoms with Crippen LogP contribution in [-0.2, 0) is 0 Å². The maximum atomic E-state index is 14.8. The number of anilines is 1. The zero-order valence-electron chi connectivity index (χ0n) is 14.4. The van der Waals surface area contributed by atoms with Crippen molar-refractivity contribution in [1.29, 1.82) is 0 Å². The highest BCUT2D eigenvalue weighted by atomic mass is 35.5. The van der Waals surface area contributed by atoms with Crippen LogP contribution in [0, 0.1) is 5.82 Å². The number of nitrogens with zero attached hydrogens (tertiary/aromatic N) is 2. The van der Waals surface area contributed by atoms with Crippen LogP contribution in [0.2, 0.25) is 10.0 Å². The smallest absolute Gasteiger partial charge is 0.147 e. The second-order valence-corrected chi connectivity index (χ2v) is 6.94. The molecule has 7 heteroatoms. The number of pyridine rings is 2. The minimum atomic E-state index is -0.840. The fraction of sp³-hybridized carbons (Fsp3) is 0.0476. The largest absolute Gasteiger partial charge is 0.505 e. The van der Waals surface area contributed by atoms with Crippen LogP contribution in [0.5, 0.6) is 5.75 Å². The molecule has 4 nitrogen and oxygen atoms in total. The first-order chi connectivity index (χ1) is 13.6. The standard InChI is InChI=1S/C21H14Cl2FN3O/c22-14-6-3-7-16(24)18(14)19(27-17-8-1-2-9-25-17)13-11-15(23)12-5-4-10-26-20(12)21(13)28/h1-11,19,28H,(H,25,27). The molecule has 0 bridgehead atoms. The summed E-state index contributed by atoms with van der Waals surface area (Å²) in [6.07, 6.45) is 3.16. The van der Waals surface area contributed by atoms with E-state index in [4.69, 9.17) is 23.2 Å². The molecule has 2 heterocycles. The predicted octanol–water partition coefficient (Wildman–Crippen LogP) is 5.98. The van der Waals surface area contributed by atoms with Gasteiger partial charge in [0.15, 0.2) is 0 Å². The van der Waals surface area contributed by atoms with E-state index in [-0.39, 0.29) is 16.3 Å². The van der Waals surface area contributed by atoms with Gasteiger partial charge in [0.05, 0.1) is 11.1 Å². The Labute approximate surface area is 170 Å². The quantitative estimate of drug-likeness (QED) is 0.431. The van der Waals surface area contributed by atoms with E-state index in [0.29, 0.717) is 27.3 Å². The van der Waals surface area contributed by atoms with Gasteiger partial charge in [-0.1, -0.05) is 35.3 Å². The molecular formula is C21H14Cl2FN3O. The molecule has 2 aromatic heterocycles. The molecule has 4 aromatic rings. The van der Waals surface area contributed by atoms with Gasteiger partial charge in [-0.3, -0.25) is 4.98 Å². The average molecular weight is 414 g/mol. The van der Waals surface area contributed by atoms with Crippen molar-refractivity contribution in [3.63, 3.8) is 0 Å². The number of fused-ring (bicyclic) bond motifs is 1. The van der Waals surface area contributed by atoms with Gasteiger partial charge in [0.1, 0.15) is 22.9 Å². The average Bonchev–Trinajstić information content (AvgIpc) is 2.71. The van der Waals surface area contributed by atoms with Gasteiger partial charge in [-0.05, 0) is 42.5 Å². The van der Waals surface area contributed by atoms with Gasteiger partial charge in [0.2, 0.25) is 0 Å². The minimum Gasteiger partial charge on any atom is -0.505 e. The summed E-state index contributed by atoms with van der Waals surface area (Å²) in [4.78, 5) is 8.46. The third-order valence-electron chi connectivity index (χ3n) is 4.40. The van der Waals surface area contributed by atoms with Gasteiger partial charge in [0.25, 0.3) is 0 Å². The molecule has 0 fully saturated rings. The zero-order chi connectivity index (χ0) is 19.7. The lowest BCUT2D eigenvalue weighted by Gasteiger charge is -2.23. The molecule has 1 unspecified atom stereocenters. The molecule has 0 saturated heterocycles. The molecule has 28 heavy (non-hydrogen) atoms. The number of hydrogen-bond acceptors (Lipinski definition) is 4. The summed E-state index contributed by atoms with van der Waals surface area (Å²) in [5, 5.41) is 15.3. The van der Waals surface area contributed by atoms with E-state index in [9.17, 15) is 9.50 Å². The van der Waals surface area contributed by atoms with Gasteiger partial charge in [-0.15, -0.1) is 0 Å². The molecule has 0 spiro atoms. The van der Waals surface area contributed by atoms with E-state index in [0.717, 1.165) is 0 Å². The van der Waals surface area contributed by atoms with Crippen molar-refractivity contribution in [1.82, 2.24) is 9.97 Å². The number of phenols is 1. The fourth-order valence-electron chi connectivity index (χ4n) is 3.11. The zero-order valence-corrected chi connectivity index (χ0v) is 15.9. The first kappa shape index (κ1) is 18.5. The highest BCUT2D eigenvalue weighted by molar-refractivity contribution is 6.35. The van der Waals surface area contributed by atoms with E-state index in [2.05, 4.69) is 15.3 Å². The molecule has 4 rings (SSSR count). The van der Waals surface area contributed by atoms with E-state index in [1.807, 2.05) is 0 Å². The van der Waals surface area contributed by atoms with E-state index in [1.165, 1.54) is 12.1 Å². The number of aromatic nitrogens is 2. The first-order valence-corrected chi connectivity index (χ1v) is 9.19. The van der Waals surface area contributed by atoms with Crippen LogP contribution < -0.4 is 5.32 Å². The highest BCUT2D eigenvalue weighted by Gasteiger charge is 2.26. The lowest BCUT2D eigenvalue weighted by atomic mass is 9.95. The van der Waals surface area contributed by atoms with E-state index < -0.39 is 11.9 Å². The predicted molar refractivity (Wildman–Crippen MR) is 110 cm³/mol. The second-order valence-electron chi connectivity index (χ2n) is 6.12. The fourth-order valence-corrected chi connectivity index (χ4v) is 3.66. The molecule has 0 aliphatic heterocycles. The number of hydrogen-bond donors (Lipinski definition) is 2. The molecule has 0 aliphatic rings. The third-order valence-corrected chi connectivity index (χ3v) is 5.04. The van der Waals surface area contributed by atoms with Crippen LogP contribution >= 0.6 is 23.2 Å². The maximum Gasteiger partial charge on any atom is 0.147 e. The summed E-state index contributed by atoms with van der Waals surface area (Å²) in [5.41, 5.74) is 0.843. The van der Waals surface area contributed by atoms with Crippen molar-refractivity contribution in [2.45, 2.75) is 6.04 Å². The molecule has 0 saturated carbocycles. The number of nitrogens with one attached hydrogen (secondary N) is 1. The van der Waals surface area contributed by atoms with Crippen LogP contribution in [0.4, 0.5) is 10.2 Å². The Hall–Kier alpha value is -2.89. The second kappa shape index (κ2) is 7.62. The Morgan fingerprint density at radius 1 is 0.929 bits per heavy atom. The summed E-state index contributed by atoms with van der Waals surface area (Å²) in [7, 11) is 0. The normalized spacial score (nSPS) is 12.1. The van der Waals surface area contributed by atoms with Crippen LogP contribution in [0.1, 0.15) is 17.2 Å². The lowest BCUT2D eigenvalue weighted by molar-refractivity contribution is 0.471. The molecule has 140 valence electrons. The molecule has 2 N–H and O–H groups in total. The van der Waals surface area contributed by atoms with Crippen LogP contribution in [-0.4, -0.2) is 15.1 Å². The van der Waals surface area contributed by atoms with Crippen molar-refractivity contribution < 1.29 is 9.50 Å². The topological polar surface area (TPSA) is 58.0 Å². The van der Waals surface area contributed by atoms with Gasteiger partial charge < -0.3 is 10.4 Å². The molecule has 0 aliphatic carbocycles. The number of halogens is 3. The number of phenolic OH excluding ortho intramolecular Hbond substituents is 1. The van der Waals surface area contributed by atoms with E-state index in [1.54, 1.807) is 54.9 Å². The Morgan fingerprint density at radius 3 is 2.50 bits per heavy atom. The van der Waals surface area contributed by atoms with Crippen molar-refractivity contribution >= 4 is 39.9 Å². The summed E-state index contributed by atoms with van der Waals surface area (Å²) in [6.45, 7) is 0. The van der Waals surface area contributed by atoms with Crippen molar-refractivity contribution in [2.75, 3.05) is 5.32 Å². The molecular weight excluding hydrogens is 400 g/mol. The number of benzene rings is 2. The van der Waals surface area contributed by atoms with Gasteiger partial charge in [0, 0.05) is 33.9 Å². The van der Waals surface area contributed by atoms with Gasteiger partial charge in [-0.2, -0.15) is 0 Å². The lowest BCUT2D eigenvalue weighted by Crippen LogP contribution is -2.16. The molecule has 0 radical (unpaired) electrons. The Balaban J connectivity index is 1.96. The summed E-state index contributed by atoms with van der Waals surface area (Å²) >= 11 is 12.7. The van der Waals surface area contributed by atoms with Crippen LogP contribution in [0.25, 0.3) is 10.9 Å².